The number of aromatic nitrogens is 1. The lowest BCUT2D eigenvalue weighted by atomic mass is 10.0. The average molecular weight is 379 g/mol. The van der Waals surface area contributed by atoms with Crippen LogP contribution in [-0.4, -0.2) is 34.9 Å². The maximum atomic E-state index is 12.6. The van der Waals surface area contributed by atoms with E-state index in [0.717, 1.165) is 10.9 Å². The van der Waals surface area contributed by atoms with Gasteiger partial charge in [-0.1, -0.05) is 36.4 Å². The quantitative estimate of drug-likeness (QED) is 0.400. The third kappa shape index (κ3) is 4.12. The van der Waals surface area contributed by atoms with Crippen LogP contribution in [0.3, 0.4) is 0 Å². The predicted molar refractivity (Wildman–Crippen MR) is 102 cm³/mol. The number of fused-ring (bicyclic) bond motifs is 1. The van der Waals surface area contributed by atoms with Gasteiger partial charge in [0.05, 0.1) is 23.1 Å². The maximum absolute atomic E-state index is 12.6. The lowest BCUT2D eigenvalue weighted by molar-refractivity contribution is -0.385. The van der Waals surface area contributed by atoms with Crippen LogP contribution in [0.5, 0.6) is 0 Å². The van der Waals surface area contributed by atoms with Crippen molar-refractivity contribution in [1.29, 1.82) is 0 Å². The summed E-state index contributed by atoms with van der Waals surface area (Å²) < 4.78 is 4.75. The Morgan fingerprint density at radius 1 is 1.18 bits per heavy atom. The fraction of sp³-hybridized carbons (Fsp3) is 0.150. The van der Waals surface area contributed by atoms with E-state index in [0.29, 0.717) is 5.56 Å². The highest BCUT2D eigenvalue weighted by atomic mass is 16.6. The van der Waals surface area contributed by atoms with Crippen molar-refractivity contribution in [1.82, 2.24) is 10.3 Å². The van der Waals surface area contributed by atoms with Crippen LogP contribution in [0.1, 0.15) is 15.9 Å². The summed E-state index contributed by atoms with van der Waals surface area (Å²) in [5.74, 6) is -1.22. The second-order valence-electron chi connectivity index (χ2n) is 6.06. The number of hydrogen-bond donors (Lipinski definition) is 1. The summed E-state index contributed by atoms with van der Waals surface area (Å²) in [6.45, 7) is 0. The first-order valence-electron chi connectivity index (χ1n) is 8.45. The molecule has 1 N–H and O–H groups in total. The number of nitro groups is 1. The van der Waals surface area contributed by atoms with Crippen molar-refractivity contribution < 1.29 is 19.2 Å². The van der Waals surface area contributed by atoms with Crippen LogP contribution in [0.4, 0.5) is 5.69 Å². The van der Waals surface area contributed by atoms with Crippen molar-refractivity contribution in [3.63, 3.8) is 0 Å². The number of nitro benzene ring substituents is 1. The van der Waals surface area contributed by atoms with Gasteiger partial charge in [0, 0.05) is 29.6 Å². The zero-order valence-corrected chi connectivity index (χ0v) is 15.0. The van der Waals surface area contributed by atoms with Crippen LogP contribution in [0.2, 0.25) is 0 Å². The van der Waals surface area contributed by atoms with Crippen molar-refractivity contribution in [2.75, 3.05) is 7.11 Å². The Morgan fingerprint density at radius 3 is 2.64 bits per heavy atom. The summed E-state index contributed by atoms with van der Waals surface area (Å²) in [6.07, 6.45) is 1.34. The van der Waals surface area contributed by atoms with Gasteiger partial charge in [-0.2, -0.15) is 0 Å². The molecule has 0 bridgehead atoms. The van der Waals surface area contributed by atoms with Crippen molar-refractivity contribution in [3.8, 4) is 0 Å². The van der Waals surface area contributed by atoms with E-state index in [4.69, 9.17) is 4.74 Å². The first-order chi connectivity index (χ1) is 13.5. The lowest BCUT2D eigenvalue weighted by Crippen LogP contribution is -2.43. The molecule has 1 amide bonds. The summed E-state index contributed by atoms with van der Waals surface area (Å²) in [5, 5.41) is 14.6. The molecule has 28 heavy (non-hydrogen) atoms. The van der Waals surface area contributed by atoms with Gasteiger partial charge in [0.15, 0.2) is 0 Å². The number of para-hydroxylation sites is 2. The fourth-order valence-electron chi connectivity index (χ4n) is 2.85. The zero-order chi connectivity index (χ0) is 20.1. The largest absolute Gasteiger partial charge is 0.467 e. The molecule has 0 spiro atoms. The summed E-state index contributed by atoms with van der Waals surface area (Å²) in [4.78, 5) is 39.7. The van der Waals surface area contributed by atoms with E-state index >= 15 is 0 Å². The number of pyridine rings is 1. The van der Waals surface area contributed by atoms with Gasteiger partial charge in [0.25, 0.3) is 11.6 Å². The normalized spacial score (nSPS) is 11.6. The highest BCUT2D eigenvalue weighted by molar-refractivity contribution is 5.99. The smallest absolute Gasteiger partial charge is 0.328 e. The minimum Gasteiger partial charge on any atom is -0.467 e. The van der Waals surface area contributed by atoms with Crippen LogP contribution in [0, 0.1) is 10.1 Å². The molecule has 0 saturated heterocycles. The summed E-state index contributed by atoms with van der Waals surface area (Å²) in [7, 11) is 1.19. The standard InChI is InChI=1S/C20H17N3O5/c1-28-20(25)17(11-14-7-3-5-9-18(14)23(26)27)22-19(24)15-10-13-6-2-4-8-16(13)21-12-15/h2-10,12,17H,11H2,1H3,(H,22,24)/t17-/m0/s1. The SMILES string of the molecule is COC(=O)[C@H](Cc1ccccc1[N+](=O)[O-])NC(=O)c1cnc2ccccc2c1. The Kier molecular flexibility index (Phi) is 5.59. The predicted octanol–water partition coefficient (Wildman–Crippen LogP) is 2.66. The van der Waals surface area contributed by atoms with Gasteiger partial charge in [-0.15, -0.1) is 0 Å². The number of rotatable bonds is 6. The maximum Gasteiger partial charge on any atom is 0.328 e. The van der Waals surface area contributed by atoms with Gasteiger partial charge in [0.2, 0.25) is 0 Å². The molecule has 1 heterocycles. The lowest BCUT2D eigenvalue weighted by Gasteiger charge is -2.16. The van der Waals surface area contributed by atoms with Crippen LogP contribution in [0.15, 0.2) is 60.8 Å². The molecule has 2 aromatic carbocycles. The molecule has 8 nitrogen and oxygen atoms in total. The van der Waals surface area contributed by atoms with Crippen molar-refractivity contribution >= 4 is 28.5 Å². The Balaban J connectivity index is 1.85. The number of ether oxygens (including phenoxy) is 1. The van der Waals surface area contributed by atoms with Crippen LogP contribution in [-0.2, 0) is 16.0 Å². The molecule has 0 saturated carbocycles. The highest BCUT2D eigenvalue weighted by Gasteiger charge is 2.26. The fourth-order valence-corrected chi connectivity index (χ4v) is 2.85. The van der Waals surface area contributed by atoms with Gasteiger partial charge in [-0.25, -0.2) is 4.79 Å². The number of carbonyl (C=O) groups excluding carboxylic acids is 2. The highest BCUT2D eigenvalue weighted by Crippen LogP contribution is 2.20. The van der Waals surface area contributed by atoms with E-state index < -0.39 is 22.8 Å². The van der Waals surface area contributed by atoms with Gasteiger partial charge < -0.3 is 10.1 Å². The molecule has 0 aliphatic heterocycles. The molecule has 142 valence electrons. The number of esters is 1. The first-order valence-corrected chi connectivity index (χ1v) is 8.45. The molecule has 3 aromatic rings. The third-order valence-electron chi connectivity index (χ3n) is 4.26. The minimum atomic E-state index is -1.08. The number of methoxy groups -OCH3 is 1. The van der Waals surface area contributed by atoms with E-state index in [2.05, 4.69) is 10.3 Å². The van der Waals surface area contributed by atoms with E-state index in [1.807, 2.05) is 24.3 Å². The number of benzene rings is 2. The van der Waals surface area contributed by atoms with Gasteiger partial charge in [-0.05, 0) is 12.1 Å². The molecular formula is C20H17N3O5. The third-order valence-corrected chi connectivity index (χ3v) is 4.26. The van der Waals surface area contributed by atoms with Crippen LogP contribution >= 0.6 is 0 Å². The molecule has 0 aliphatic rings. The molecule has 8 heteroatoms. The Morgan fingerprint density at radius 2 is 1.89 bits per heavy atom. The van der Waals surface area contributed by atoms with E-state index in [9.17, 15) is 19.7 Å². The van der Waals surface area contributed by atoms with Gasteiger partial charge in [0.1, 0.15) is 6.04 Å². The molecule has 1 aromatic heterocycles. The second-order valence-corrected chi connectivity index (χ2v) is 6.06. The Labute approximate surface area is 160 Å². The minimum absolute atomic E-state index is 0.0728. The monoisotopic (exact) mass is 379 g/mol. The molecule has 0 fully saturated rings. The first kappa shape index (κ1) is 19.0. The van der Waals surface area contributed by atoms with Crippen molar-refractivity contribution in [2.45, 2.75) is 12.5 Å². The molecule has 0 radical (unpaired) electrons. The van der Waals surface area contributed by atoms with E-state index in [-0.39, 0.29) is 17.7 Å². The topological polar surface area (TPSA) is 111 Å². The molecular weight excluding hydrogens is 362 g/mol. The van der Waals surface area contributed by atoms with Gasteiger partial charge >= 0.3 is 5.97 Å². The number of carbonyl (C=O) groups is 2. The summed E-state index contributed by atoms with van der Waals surface area (Å²) in [6, 6.07) is 14.0. The Hall–Kier alpha value is -3.81. The number of nitrogens with one attached hydrogen (secondary N) is 1. The van der Waals surface area contributed by atoms with E-state index in [1.165, 1.54) is 31.5 Å². The Bertz CT molecular complexity index is 1050. The molecule has 0 aliphatic carbocycles. The number of nitrogens with zero attached hydrogens (tertiary/aromatic N) is 2. The molecule has 0 unspecified atom stereocenters. The molecule has 3 rings (SSSR count). The van der Waals surface area contributed by atoms with Crippen molar-refractivity contribution in [3.05, 3.63) is 82.0 Å². The second kappa shape index (κ2) is 8.26. The van der Waals surface area contributed by atoms with Crippen molar-refractivity contribution in [2.24, 2.45) is 0 Å². The number of amides is 1. The number of hydrogen-bond acceptors (Lipinski definition) is 6. The average Bonchev–Trinajstić information content (AvgIpc) is 2.72. The van der Waals surface area contributed by atoms with Crippen LogP contribution < -0.4 is 5.32 Å². The summed E-state index contributed by atoms with van der Waals surface area (Å²) >= 11 is 0. The van der Waals surface area contributed by atoms with Gasteiger partial charge in [-0.3, -0.25) is 19.9 Å². The van der Waals surface area contributed by atoms with E-state index in [1.54, 1.807) is 12.1 Å². The summed E-state index contributed by atoms with van der Waals surface area (Å²) in [5.41, 5.74) is 1.21. The van der Waals surface area contributed by atoms with Crippen LogP contribution in [0.25, 0.3) is 10.9 Å². The molecule has 1 atom stereocenters. The zero-order valence-electron chi connectivity index (χ0n) is 15.0.